The zero-order valence-electron chi connectivity index (χ0n) is 18.8. The lowest BCUT2D eigenvalue weighted by Crippen LogP contribution is -2.61. The van der Waals surface area contributed by atoms with Crippen LogP contribution in [0.15, 0.2) is 30.0 Å². The van der Waals surface area contributed by atoms with Crippen molar-refractivity contribution < 1.29 is 33.8 Å². The molecular weight excluding hydrogens is 416 g/mol. The Balaban J connectivity index is 1.90. The highest BCUT2D eigenvalue weighted by Gasteiger charge is 2.57. The number of rotatable bonds is 6. The largest absolute Gasteiger partial charge is 0.427 e. The summed E-state index contributed by atoms with van der Waals surface area (Å²) in [5.41, 5.74) is 0.809. The van der Waals surface area contributed by atoms with Gasteiger partial charge >= 0.3 is 11.9 Å². The Morgan fingerprint density at radius 2 is 1.94 bits per heavy atom. The fourth-order valence-electron chi connectivity index (χ4n) is 3.93. The molecule has 2 unspecified atom stereocenters. The number of β-lactam (4-membered cyclic amide) rings is 1. The Labute approximate surface area is 186 Å². The summed E-state index contributed by atoms with van der Waals surface area (Å²) >= 11 is 0. The summed E-state index contributed by atoms with van der Waals surface area (Å²) in [5.74, 6) is -2.63. The molecular formula is C23H28N2O7. The molecule has 2 heterocycles. The fourth-order valence-corrected chi connectivity index (χ4v) is 3.93. The number of carbonyl (C=O) groups excluding carboxylic acids is 4. The summed E-state index contributed by atoms with van der Waals surface area (Å²) in [5, 5.41) is 12.6. The van der Waals surface area contributed by atoms with Gasteiger partial charge in [0.15, 0.2) is 0 Å². The second kappa shape index (κ2) is 8.74. The molecule has 1 fully saturated rings. The van der Waals surface area contributed by atoms with Gasteiger partial charge in [0, 0.05) is 12.6 Å². The molecule has 2 N–H and O–H groups in total. The minimum atomic E-state index is -0.870. The molecule has 1 saturated heterocycles. The number of aliphatic hydroxyl groups is 1. The highest BCUT2D eigenvalue weighted by atomic mass is 16.7. The highest BCUT2D eigenvalue weighted by molar-refractivity contribution is 6.07. The molecule has 0 saturated carbocycles. The third kappa shape index (κ3) is 4.25. The average Bonchev–Trinajstić information content (AvgIpc) is 3.07. The molecule has 9 nitrogen and oxygen atoms in total. The monoisotopic (exact) mass is 444 g/mol. The molecule has 1 aromatic rings. The van der Waals surface area contributed by atoms with Crippen molar-refractivity contribution in [2.24, 2.45) is 11.3 Å². The van der Waals surface area contributed by atoms with Crippen molar-refractivity contribution in [1.82, 2.24) is 10.2 Å². The van der Waals surface area contributed by atoms with E-state index < -0.39 is 36.2 Å². The highest BCUT2D eigenvalue weighted by Crippen LogP contribution is 2.47. The van der Waals surface area contributed by atoms with E-state index in [0.717, 1.165) is 0 Å². The molecule has 0 aromatic heterocycles. The van der Waals surface area contributed by atoms with E-state index in [-0.39, 0.29) is 23.6 Å². The van der Waals surface area contributed by atoms with Gasteiger partial charge in [-0.15, -0.1) is 0 Å². The smallest absolute Gasteiger partial charge is 0.358 e. The van der Waals surface area contributed by atoms with Crippen LogP contribution in [0.1, 0.15) is 50.0 Å². The summed E-state index contributed by atoms with van der Waals surface area (Å²) in [6.45, 7) is 5.97. The quantitative estimate of drug-likeness (QED) is 0.387. The number of aliphatic hydroxyl groups excluding tert-OH is 1. The van der Waals surface area contributed by atoms with Crippen molar-refractivity contribution in [3.05, 3.63) is 41.1 Å². The molecule has 0 aliphatic carbocycles. The summed E-state index contributed by atoms with van der Waals surface area (Å²) in [6, 6.07) is 6.31. The van der Waals surface area contributed by atoms with Gasteiger partial charge in [0.05, 0.1) is 23.5 Å². The zero-order chi connectivity index (χ0) is 23.8. The van der Waals surface area contributed by atoms with Gasteiger partial charge in [0.1, 0.15) is 5.70 Å². The van der Waals surface area contributed by atoms with Crippen molar-refractivity contribution in [3.8, 4) is 0 Å². The van der Waals surface area contributed by atoms with Crippen LogP contribution in [-0.4, -0.2) is 59.7 Å². The van der Waals surface area contributed by atoms with Crippen molar-refractivity contribution in [3.63, 3.8) is 0 Å². The second-order valence-corrected chi connectivity index (χ2v) is 8.96. The third-order valence-corrected chi connectivity index (χ3v) is 5.61. The first-order chi connectivity index (χ1) is 15.0. The number of nitrogens with one attached hydrogen (secondary N) is 1. The molecule has 0 spiro atoms. The van der Waals surface area contributed by atoms with Crippen LogP contribution in [0.4, 0.5) is 0 Å². The molecule has 172 valence electrons. The minimum absolute atomic E-state index is 0.0396. The topological polar surface area (TPSA) is 122 Å². The minimum Gasteiger partial charge on any atom is -0.427 e. The zero-order valence-corrected chi connectivity index (χ0v) is 18.8. The van der Waals surface area contributed by atoms with Crippen LogP contribution >= 0.6 is 0 Å². The lowest BCUT2D eigenvalue weighted by Gasteiger charge is -2.44. The number of hydrogen-bond donors (Lipinski definition) is 2. The number of esters is 2. The number of nitrogens with zero attached hydrogens (tertiary/aromatic N) is 1. The Kier molecular flexibility index (Phi) is 6.41. The number of amides is 2. The molecule has 3 rings (SSSR count). The first-order valence-electron chi connectivity index (χ1n) is 10.4. The molecule has 2 amide bonds. The number of ether oxygens (including phenoxy) is 2. The Morgan fingerprint density at radius 3 is 2.53 bits per heavy atom. The molecule has 2 aliphatic rings. The lowest BCUT2D eigenvalue weighted by atomic mass is 9.82. The van der Waals surface area contributed by atoms with E-state index in [1.165, 1.54) is 18.9 Å². The standard InChI is InChI=1S/C23H28N2O7/c1-12(26)17-16-10-15(13-7-6-8-14(9-13)19(27)24-5)18(25(16)20(17)28)21(29)31-11-32-22(30)23(2,3)4/h6-9,12,16-17,26H,10-11H2,1-5H3,(H,24,27)/t12-,16?,17?/m1/s1. The van der Waals surface area contributed by atoms with E-state index in [1.807, 2.05) is 0 Å². The first kappa shape index (κ1) is 23.5. The predicted octanol–water partition coefficient (Wildman–Crippen LogP) is 1.46. The van der Waals surface area contributed by atoms with Crippen LogP contribution < -0.4 is 5.32 Å². The molecule has 3 atom stereocenters. The van der Waals surface area contributed by atoms with Crippen LogP contribution in [0.5, 0.6) is 0 Å². The molecule has 32 heavy (non-hydrogen) atoms. The van der Waals surface area contributed by atoms with Gasteiger partial charge in [0.25, 0.3) is 5.91 Å². The lowest BCUT2D eigenvalue weighted by molar-refractivity contribution is -0.175. The van der Waals surface area contributed by atoms with E-state index in [0.29, 0.717) is 23.1 Å². The van der Waals surface area contributed by atoms with Crippen molar-refractivity contribution >= 4 is 29.3 Å². The maximum absolute atomic E-state index is 12.9. The molecule has 1 aromatic carbocycles. The number of carbonyl (C=O) groups is 4. The molecule has 2 aliphatic heterocycles. The normalized spacial score (nSPS) is 20.9. The number of benzene rings is 1. The van der Waals surface area contributed by atoms with Gasteiger partial charge in [0.2, 0.25) is 12.7 Å². The van der Waals surface area contributed by atoms with Crippen LogP contribution in [0, 0.1) is 11.3 Å². The second-order valence-electron chi connectivity index (χ2n) is 8.96. The summed E-state index contributed by atoms with van der Waals surface area (Å²) < 4.78 is 10.2. The van der Waals surface area contributed by atoms with E-state index in [1.54, 1.807) is 45.0 Å². The Hall–Kier alpha value is -3.20. The van der Waals surface area contributed by atoms with Gasteiger partial charge in [-0.05, 0) is 57.4 Å². The fraction of sp³-hybridized carbons (Fsp3) is 0.478. The van der Waals surface area contributed by atoms with Crippen molar-refractivity contribution in [2.45, 2.75) is 46.3 Å². The summed E-state index contributed by atoms with van der Waals surface area (Å²) in [7, 11) is 1.52. The first-order valence-corrected chi connectivity index (χ1v) is 10.4. The molecule has 0 radical (unpaired) electrons. The van der Waals surface area contributed by atoms with E-state index in [4.69, 9.17) is 9.47 Å². The average molecular weight is 444 g/mol. The summed E-state index contributed by atoms with van der Waals surface area (Å²) in [4.78, 5) is 50.9. The Morgan fingerprint density at radius 1 is 1.25 bits per heavy atom. The maximum Gasteiger partial charge on any atom is 0.358 e. The summed E-state index contributed by atoms with van der Waals surface area (Å²) in [6.07, 6.45) is -0.546. The van der Waals surface area contributed by atoms with Gasteiger partial charge in [-0.2, -0.15) is 0 Å². The van der Waals surface area contributed by atoms with Crippen LogP contribution in [-0.2, 0) is 23.9 Å². The third-order valence-electron chi connectivity index (χ3n) is 5.61. The van der Waals surface area contributed by atoms with E-state index in [2.05, 4.69) is 5.32 Å². The van der Waals surface area contributed by atoms with Crippen molar-refractivity contribution in [1.29, 1.82) is 0 Å². The van der Waals surface area contributed by atoms with E-state index in [9.17, 15) is 24.3 Å². The van der Waals surface area contributed by atoms with Gasteiger partial charge in [-0.25, -0.2) is 4.79 Å². The van der Waals surface area contributed by atoms with Crippen molar-refractivity contribution in [2.75, 3.05) is 13.8 Å². The van der Waals surface area contributed by atoms with Crippen LogP contribution in [0.25, 0.3) is 5.57 Å². The SMILES string of the molecule is CNC(=O)c1cccc(C2=C(C(=O)OCOC(=O)C(C)(C)C)N3C(=O)C([C@@H](C)O)C3C2)c1. The predicted molar refractivity (Wildman–Crippen MR) is 114 cm³/mol. The van der Waals surface area contributed by atoms with Gasteiger partial charge < -0.3 is 24.8 Å². The molecule has 9 heteroatoms. The van der Waals surface area contributed by atoms with Gasteiger partial charge in [-0.1, -0.05) is 12.1 Å². The number of fused-ring (bicyclic) bond motifs is 1. The number of hydrogen-bond acceptors (Lipinski definition) is 7. The maximum atomic E-state index is 12.9. The van der Waals surface area contributed by atoms with Crippen LogP contribution in [0.3, 0.4) is 0 Å². The van der Waals surface area contributed by atoms with Gasteiger partial charge in [-0.3, -0.25) is 14.4 Å². The Bertz CT molecular complexity index is 990. The van der Waals surface area contributed by atoms with Crippen LogP contribution in [0.2, 0.25) is 0 Å². The van der Waals surface area contributed by atoms with E-state index >= 15 is 0 Å². The molecule has 0 bridgehead atoms.